The Balaban J connectivity index is -0.000000352. The smallest absolute Gasteiger partial charge is 0.302 e. The number of aliphatic carboxylic acids is 1. The molecule has 0 heterocycles. The standard InChI is InChI=1S/C12H27P.C6H13NO2.C2H4O2/c1-4-7-10-13(11-8-5-2)12-9-6-3;1-6(8)9-5-4-7(2)3;1-2(3)4/h4-12H2,1-3H3;4-5H2,1-3H3;1H3,(H,3,4)/p+1. The first kappa shape index (κ1) is 30.1. The first-order chi connectivity index (χ1) is 12.2. The second-order valence-corrected chi connectivity index (χ2v) is 9.72. The van der Waals surface area contributed by atoms with Crippen molar-refractivity contribution in [1.29, 1.82) is 0 Å². The summed E-state index contributed by atoms with van der Waals surface area (Å²) in [5.74, 6) is -1.04. The lowest BCUT2D eigenvalue weighted by Gasteiger charge is -2.09. The predicted molar refractivity (Wildman–Crippen MR) is 116 cm³/mol. The molecule has 1 N–H and O–H groups in total. The minimum absolute atomic E-state index is 0.0675. The molecule has 0 saturated carbocycles. The third kappa shape index (κ3) is 38.7. The first-order valence-electron chi connectivity index (χ1n) is 10.0. The Morgan fingerprint density at radius 3 is 1.46 bits per heavy atom. The largest absolute Gasteiger partial charge is 0.481 e. The van der Waals surface area contributed by atoms with Gasteiger partial charge < -0.3 is 14.7 Å². The second-order valence-electron chi connectivity index (χ2n) is 6.72. The highest BCUT2D eigenvalue weighted by Gasteiger charge is 2.12. The lowest BCUT2D eigenvalue weighted by molar-refractivity contribution is -0.141. The maximum Gasteiger partial charge on any atom is 0.302 e. The van der Waals surface area contributed by atoms with Gasteiger partial charge in [0.2, 0.25) is 0 Å². The van der Waals surface area contributed by atoms with Crippen LogP contribution in [0.1, 0.15) is 73.1 Å². The van der Waals surface area contributed by atoms with Gasteiger partial charge in [-0.05, 0) is 33.4 Å². The van der Waals surface area contributed by atoms with Crippen molar-refractivity contribution in [1.82, 2.24) is 4.90 Å². The summed E-state index contributed by atoms with van der Waals surface area (Å²) in [7, 11) is 3.94. The molecular weight excluding hydrogens is 349 g/mol. The Bertz CT molecular complexity index is 289. The van der Waals surface area contributed by atoms with Crippen LogP contribution in [0.2, 0.25) is 0 Å². The third-order valence-electron chi connectivity index (χ3n) is 3.50. The maximum atomic E-state index is 10.2. The monoisotopic (exact) mass is 394 g/mol. The number of likely N-dealkylation sites (N-methyl/N-ethyl adjacent to an activating group) is 1. The number of nitrogens with zero attached hydrogens (tertiary/aromatic N) is 1. The lowest BCUT2D eigenvalue weighted by atomic mass is 10.4. The molecule has 26 heavy (non-hydrogen) atoms. The minimum Gasteiger partial charge on any atom is -0.481 e. The number of carboxylic acid groups (broad SMARTS) is 1. The number of hydrogen-bond acceptors (Lipinski definition) is 4. The molecular formula is C20H45NO4P+. The van der Waals surface area contributed by atoms with E-state index in [1.807, 2.05) is 19.0 Å². The molecule has 5 nitrogen and oxygen atoms in total. The molecule has 0 atom stereocenters. The van der Waals surface area contributed by atoms with E-state index in [2.05, 4.69) is 25.5 Å². The SMILES string of the molecule is CC(=O)O.CC(=O)OCCN(C)C.CCCC[PH+](CCCC)CCCC. The Kier molecular flexibility index (Phi) is 28.1. The topological polar surface area (TPSA) is 66.8 Å². The summed E-state index contributed by atoms with van der Waals surface area (Å²) in [6.45, 7) is 10.7. The molecule has 0 aromatic heterocycles. The Hall–Kier alpha value is -0.670. The number of ether oxygens (including phenoxy) is 1. The van der Waals surface area contributed by atoms with Gasteiger partial charge in [-0.25, -0.2) is 0 Å². The van der Waals surface area contributed by atoms with Crippen LogP contribution in [-0.4, -0.2) is 67.7 Å². The molecule has 0 rings (SSSR count). The molecule has 0 fully saturated rings. The number of unbranched alkanes of at least 4 members (excludes halogenated alkanes) is 3. The van der Waals surface area contributed by atoms with Gasteiger partial charge in [0, 0.05) is 28.3 Å². The van der Waals surface area contributed by atoms with Gasteiger partial charge in [0.25, 0.3) is 5.97 Å². The van der Waals surface area contributed by atoms with Gasteiger partial charge in [0.1, 0.15) is 6.61 Å². The van der Waals surface area contributed by atoms with E-state index in [1.165, 1.54) is 45.4 Å². The van der Waals surface area contributed by atoms with E-state index in [-0.39, 0.29) is 13.9 Å². The molecule has 0 aromatic carbocycles. The maximum absolute atomic E-state index is 10.2. The highest BCUT2D eigenvalue weighted by molar-refractivity contribution is 7.57. The van der Waals surface area contributed by atoms with Crippen molar-refractivity contribution in [2.75, 3.05) is 45.7 Å². The van der Waals surface area contributed by atoms with Crippen molar-refractivity contribution < 1.29 is 19.4 Å². The van der Waals surface area contributed by atoms with Gasteiger partial charge in [-0.1, -0.05) is 40.0 Å². The fraction of sp³-hybridized carbons (Fsp3) is 0.900. The van der Waals surface area contributed by atoms with Crippen molar-refractivity contribution >= 4 is 19.9 Å². The van der Waals surface area contributed by atoms with Crippen molar-refractivity contribution in [3.63, 3.8) is 0 Å². The van der Waals surface area contributed by atoms with E-state index in [0.717, 1.165) is 13.5 Å². The van der Waals surface area contributed by atoms with Crippen molar-refractivity contribution in [3.05, 3.63) is 0 Å². The molecule has 0 radical (unpaired) electrons. The van der Waals surface area contributed by atoms with Crippen molar-refractivity contribution in [2.45, 2.75) is 73.1 Å². The fourth-order valence-electron chi connectivity index (χ4n) is 2.03. The number of carbonyl (C=O) groups excluding carboxylic acids is 1. The van der Waals surface area contributed by atoms with E-state index in [0.29, 0.717) is 6.61 Å². The fourth-order valence-corrected chi connectivity index (χ4v) is 5.34. The normalized spacial score (nSPS) is 9.88. The summed E-state index contributed by atoms with van der Waals surface area (Å²) in [6, 6.07) is 0. The van der Waals surface area contributed by atoms with Gasteiger partial charge in [-0.15, -0.1) is 0 Å². The molecule has 0 bridgehead atoms. The number of rotatable bonds is 12. The number of hydrogen-bond donors (Lipinski definition) is 1. The Morgan fingerprint density at radius 1 is 0.885 bits per heavy atom. The van der Waals surface area contributed by atoms with E-state index >= 15 is 0 Å². The van der Waals surface area contributed by atoms with Crippen LogP contribution in [0.15, 0.2) is 0 Å². The molecule has 6 heteroatoms. The van der Waals surface area contributed by atoms with Gasteiger partial charge in [0.15, 0.2) is 0 Å². The molecule has 0 aliphatic heterocycles. The van der Waals surface area contributed by atoms with E-state index in [4.69, 9.17) is 9.90 Å². The van der Waals surface area contributed by atoms with Crippen LogP contribution in [0.4, 0.5) is 0 Å². The summed E-state index contributed by atoms with van der Waals surface area (Å²) in [5.41, 5.74) is 0. The zero-order valence-corrected chi connectivity index (χ0v) is 19.4. The molecule has 0 amide bonds. The van der Waals surface area contributed by atoms with Crippen molar-refractivity contribution in [2.24, 2.45) is 0 Å². The highest BCUT2D eigenvalue weighted by atomic mass is 31.1. The van der Waals surface area contributed by atoms with Crippen LogP contribution in [0.25, 0.3) is 0 Å². The van der Waals surface area contributed by atoms with E-state index in [1.54, 1.807) is 18.5 Å². The second kappa shape index (κ2) is 24.3. The third-order valence-corrected chi connectivity index (χ3v) is 6.68. The predicted octanol–water partition coefficient (Wildman–Crippen LogP) is 4.80. The Morgan fingerprint density at radius 2 is 1.23 bits per heavy atom. The zero-order valence-electron chi connectivity index (χ0n) is 18.4. The lowest BCUT2D eigenvalue weighted by Crippen LogP contribution is -2.19. The summed E-state index contributed by atoms with van der Waals surface area (Å²) in [6.07, 6.45) is 13.4. The molecule has 0 aliphatic rings. The summed E-state index contributed by atoms with van der Waals surface area (Å²) < 4.78 is 4.67. The van der Waals surface area contributed by atoms with E-state index in [9.17, 15) is 4.79 Å². The molecule has 158 valence electrons. The number of carbonyl (C=O) groups is 2. The average molecular weight is 395 g/mol. The van der Waals surface area contributed by atoms with Crippen LogP contribution in [0, 0.1) is 0 Å². The summed E-state index contributed by atoms with van der Waals surface area (Å²) in [4.78, 5) is 21.1. The summed E-state index contributed by atoms with van der Waals surface area (Å²) >= 11 is 0. The Labute approximate surface area is 163 Å². The van der Waals surface area contributed by atoms with Crippen LogP contribution in [-0.2, 0) is 14.3 Å². The van der Waals surface area contributed by atoms with Gasteiger partial charge >= 0.3 is 5.97 Å². The number of carboxylic acids is 1. The van der Waals surface area contributed by atoms with Crippen LogP contribution in [0.3, 0.4) is 0 Å². The van der Waals surface area contributed by atoms with E-state index < -0.39 is 5.97 Å². The van der Waals surface area contributed by atoms with Crippen molar-refractivity contribution in [3.8, 4) is 0 Å². The van der Waals surface area contributed by atoms with Gasteiger partial charge in [-0.3, -0.25) is 9.59 Å². The van der Waals surface area contributed by atoms with Gasteiger partial charge in [-0.2, -0.15) is 0 Å². The summed E-state index contributed by atoms with van der Waals surface area (Å²) in [5, 5.41) is 7.42. The molecule has 0 aliphatic carbocycles. The first-order valence-corrected chi connectivity index (χ1v) is 12.1. The quantitative estimate of drug-likeness (QED) is 0.380. The zero-order chi connectivity index (χ0) is 20.8. The minimum atomic E-state index is -0.833. The molecule has 0 saturated heterocycles. The van der Waals surface area contributed by atoms with Crippen LogP contribution < -0.4 is 0 Å². The van der Waals surface area contributed by atoms with Gasteiger partial charge in [0.05, 0.1) is 18.5 Å². The molecule has 0 spiro atoms. The highest BCUT2D eigenvalue weighted by Crippen LogP contribution is 2.38. The van der Waals surface area contributed by atoms with Crippen LogP contribution in [0.5, 0.6) is 0 Å². The molecule has 0 unspecified atom stereocenters. The van der Waals surface area contributed by atoms with Crippen LogP contribution >= 0.6 is 7.92 Å². The average Bonchev–Trinajstić information content (AvgIpc) is 2.53. The number of esters is 1. The molecule has 0 aromatic rings.